The van der Waals surface area contributed by atoms with E-state index < -0.39 is 0 Å². The van der Waals surface area contributed by atoms with Gasteiger partial charge < -0.3 is 20.1 Å². The van der Waals surface area contributed by atoms with Crippen molar-refractivity contribution in [2.75, 3.05) is 24.4 Å². The number of hydrogen-bond donors (Lipinski definition) is 2. The summed E-state index contributed by atoms with van der Waals surface area (Å²) in [4.78, 5) is 11.7. The smallest absolute Gasteiger partial charge is 0.226 e. The second-order valence-corrected chi connectivity index (χ2v) is 6.92. The molecule has 0 saturated carbocycles. The molecule has 2 rings (SSSR count). The van der Waals surface area contributed by atoms with Crippen LogP contribution in [-0.4, -0.2) is 19.6 Å². The van der Waals surface area contributed by atoms with Gasteiger partial charge in [-0.15, -0.1) is 0 Å². The van der Waals surface area contributed by atoms with Crippen molar-refractivity contribution in [2.24, 2.45) is 5.92 Å². The summed E-state index contributed by atoms with van der Waals surface area (Å²) in [5.74, 6) is 1.40. The Balaban J connectivity index is 2.10. The fraction of sp³-hybridized carbons (Fsp3) is 0.350. The number of anilines is 2. The molecule has 140 valence electrons. The largest absolute Gasteiger partial charge is 0.493 e. The third kappa shape index (κ3) is 5.14. The van der Waals surface area contributed by atoms with Crippen molar-refractivity contribution in [1.29, 1.82) is 0 Å². The van der Waals surface area contributed by atoms with Gasteiger partial charge in [-0.2, -0.15) is 0 Å². The number of nitrogens with one attached hydrogen (secondary N) is 2. The van der Waals surface area contributed by atoms with E-state index in [1.165, 1.54) is 0 Å². The predicted octanol–water partition coefficient (Wildman–Crippen LogP) is 5.06. The van der Waals surface area contributed by atoms with Crippen LogP contribution in [0, 0.1) is 5.92 Å². The summed E-state index contributed by atoms with van der Waals surface area (Å²) in [5.41, 5.74) is 2.72. The molecule has 0 aliphatic heterocycles. The molecule has 2 aromatic rings. The maximum absolute atomic E-state index is 11.7. The molecule has 0 heterocycles. The SMILES string of the molecule is CCOc1c(OC)ccc(Br)c1CNc1ccc(NC(=O)C(C)C)cc1. The average molecular weight is 421 g/mol. The number of benzene rings is 2. The van der Waals surface area contributed by atoms with Gasteiger partial charge in [-0.25, -0.2) is 0 Å². The number of carbonyl (C=O) groups excluding carboxylic acids is 1. The van der Waals surface area contributed by atoms with Crippen LogP contribution in [0.3, 0.4) is 0 Å². The Morgan fingerprint density at radius 1 is 1.12 bits per heavy atom. The van der Waals surface area contributed by atoms with Crippen molar-refractivity contribution in [3.63, 3.8) is 0 Å². The first-order valence-electron chi connectivity index (χ1n) is 8.59. The number of ether oxygens (including phenoxy) is 2. The molecule has 0 saturated heterocycles. The van der Waals surface area contributed by atoms with Crippen molar-refractivity contribution in [3.05, 3.63) is 46.4 Å². The summed E-state index contributed by atoms with van der Waals surface area (Å²) in [6.45, 7) is 6.82. The monoisotopic (exact) mass is 420 g/mol. The summed E-state index contributed by atoms with van der Waals surface area (Å²) in [7, 11) is 1.63. The maximum Gasteiger partial charge on any atom is 0.226 e. The van der Waals surface area contributed by atoms with Gasteiger partial charge in [0.1, 0.15) is 0 Å². The van der Waals surface area contributed by atoms with Crippen molar-refractivity contribution in [3.8, 4) is 11.5 Å². The van der Waals surface area contributed by atoms with Crippen LogP contribution in [0.15, 0.2) is 40.9 Å². The first-order chi connectivity index (χ1) is 12.5. The van der Waals surface area contributed by atoms with E-state index in [4.69, 9.17) is 9.47 Å². The highest BCUT2D eigenvalue weighted by molar-refractivity contribution is 9.10. The molecule has 0 radical (unpaired) electrons. The van der Waals surface area contributed by atoms with Crippen LogP contribution in [0.5, 0.6) is 11.5 Å². The summed E-state index contributed by atoms with van der Waals surface area (Å²) in [5, 5.41) is 6.26. The van der Waals surface area contributed by atoms with Crippen molar-refractivity contribution >= 4 is 33.2 Å². The standard InChI is InChI=1S/C20H25BrN2O3/c1-5-26-19-16(17(21)10-11-18(19)25-4)12-22-14-6-8-15(9-7-14)23-20(24)13(2)3/h6-11,13,22H,5,12H2,1-4H3,(H,23,24). The van der Waals surface area contributed by atoms with E-state index in [9.17, 15) is 4.79 Å². The van der Waals surface area contributed by atoms with Crippen molar-refractivity contribution in [1.82, 2.24) is 0 Å². The highest BCUT2D eigenvalue weighted by atomic mass is 79.9. The van der Waals surface area contributed by atoms with Gasteiger partial charge in [-0.1, -0.05) is 29.8 Å². The molecule has 0 spiro atoms. The van der Waals surface area contributed by atoms with Gasteiger partial charge in [0, 0.05) is 33.9 Å². The van der Waals surface area contributed by atoms with Gasteiger partial charge in [0.25, 0.3) is 0 Å². The van der Waals surface area contributed by atoms with Gasteiger partial charge in [0.2, 0.25) is 5.91 Å². The molecule has 0 atom stereocenters. The normalized spacial score (nSPS) is 10.5. The molecule has 2 N–H and O–H groups in total. The van der Waals surface area contributed by atoms with Crippen LogP contribution >= 0.6 is 15.9 Å². The molecule has 0 aromatic heterocycles. The Hall–Kier alpha value is -2.21. The first kappa shape index (κ1) is 20.1. The molecule has 0 unspecified atom stereocenters. The zero-order valence-electron chi connectivity index (χ0n) is 15.6. The lowest BCUT2D eigenvalue weighted by molar-refractivity contribution is -0.118. The van der Waals surface area contributed by atoms with Crippen LogP contribution < -0.4 is 20.1 Å². The second-order valence-electron chi connectivity index (χ2n) is 6.07. The number of carbonyl (C=O) groups is 1. The van der Waals surface area contributed by atoms with Gasteiger partial charge in [-0.05, 0) is 43.3 Å². The van der Waals surface area contributed by atoms with E-state index in [1.807, 2.05) is 57.2 Å². The topological polar surface area (TPSA) is 59.6 Å². The molecule has 0 aliphatic rings. The molecule has 0 aliphatic carbocycles. The Morgan fingerprint density at radius 3 is 2.35 bits per heavy atom. The molecule has 2 aromatic carbocycles. The van der Waals surface area contributed by atoms with Gasteiger partial charge in [0.15, 0.2) is 11.5 Å². The van der Waals surface area contributed by atoms with E-state index in [-0.39, 0.29) is 11.8 Å². The fourth-order valence-corrected chi connectivity index (χ4v) is 2.81. The van der Waals surface area contributed by atoms with Crippen LogP contribution in [0.2, 0.25) is 0 Å². The Kier molecular flexibility index (Phi) is 7.33. The summed E-state index contributed by atoms with van der Waals surface area (Å²) < 4.78 is 12.1. The summed E-state index contributed by atoms with van der Waals surface area (Å²) >= 11 is 3.58. The molecule has 26 heavy (non-hydrogen) atoms. The highest BCUT2D eigenvalue weighted by Crippen LogP contribution is 2.36. The number of methoxy groups -OCH3 is 1. The predicted molar refractivity (Wildman–Crippen MR) is 109 cm³/mol. The minimum atomic E-state index is -0.0461. The molecule has 5 nitrogen and oxygen atoms in total. The number of amides is 1. The number of hydrogen-bond acceptors (Lipinski definition) is 4. The van der Waals surface area contributed by atoms with Crippen LogP contribution in [-0.2, 0) is 11.3 Å². The van der Waals surface area contributed by atoms with E-state index in [1.54, 1.807) is 7.11 Å². The summed E-state index contributed by atoms with van der Waals surface area (Å²) in [6.07, 6.45) is 0. The molecular weight excluding hydrogens is 396 g/mol. The molecule has 1 amide bonds. The van der Waals surface area contributed by atoms with Gasteiger partial charge in [0.05, 0.1) is 13.7 Å². The third-order valence-corrected chi connectivity index (χ3v) is 4.56. The van der Waals surface area contributed by atoms with E-state index in [2.05, 4.69) is 26.6 Å². The van der Waals surface area contributed by atoms with Crippen LogP contribution in [0.1, 0.15) is 26.3 Å². The Labute approximate surface area is 163 Å². The van der Waals surface area contributed by atoms with E-state index in [0.717, 1.165) is 27.2 Å². The van der Waals surface area contributed by atoms with Gasteiger partial charge in [-0.3, -0.25) is 4.79 Å². The Bertz CT molecular complexity index is 745. The minimum absolute atomic E-state index is 0.00683. The number of rotatable bonds is 8. The second kappa shape index (κ2) is 9.48. The third-order valence-electron chi connectivity index (χ3n) is 3.82. The zero-order valence-corrected chi connectivity index (χ0v) is 17.1. The van der Waals surface area contributed by atoms with Crippen molar-refractivity contribution in [2.45, 2.75) is 27.3 Å². The quantitative estimate of drug-likeness (QED) is 0.626. The van der Waals surface area contributed by atoms with Crippen LogP contribution in [0.4, 0.5) is 11.4 Å². The fourth-order valence-electron chi connectivity index (χ4n) is 2.36. The van der Waals surface area contributed by atoms with E-state index >= 15 is 0 Å². The average Bonchev–Trinajstić information content (AvgIpc) is 2.63. The highest BCUT2D eigenvalue weighted by Gasteiger charge is 2.14. The lowest BCUT2D eigenvalue weighted by Crippen LogP contribution is -2.17. The van der Waals surface area contributed by atoms with Gasteiger partial charge >= 0.3 is 0 Å². The van der Waals surface area contributed by atoms with E-state index in [0.29, 0.717) is 18.9 Å². The lowest BCUT2D eigenvalue weighted by atomic mass is 10.1. The Morgan fingerprint density at radius 2 is 1.77 bits per heavy atom. The minimum Gasteiger partial charge on any atom is -0.493 e. The molecular formula is C20H25BrN2O3. The van der Waals surface area contributed by atoms with Crippen molar-refractivity contribution < 1.29 is 14.3 Å². The first-order valence-corrected chi connectivity index (χ1v) is 9.38. The lowest BCUT2D eigenvalue weighted by Gasteiger charge is -2.17. The molecule has 0 fully saturated rings. The van der Waals surface area contributed by atoms with Crippen LogP contribution in [0.25, 0.3) is 0 Å². The number of halogens is 1. The maximum atomic E-state index is 11.7. The summed E-state index contributed by atoms with van der Waals surface area (Å²) in [6, 6.07) is 11.5. The molecule has 6 heteroatoms. The molecule has 0 bridgehead atoms. The zero-order chi connectivity index (χ0) is 19.1.